The van der Waals surface area contributed by atoms with E-state index in [9.17, 15) is 14.0 Å². The number of hydrogen-bond donors (Lipinski definition) is 2. The Morgan fingerprint density at radius 3 is 2.62 bits per heavy atom. The number of rotatable bonds is 7. The van der Waals surface area contributed by atoms with Crippen LogP contribution in [0, 0.1) is 5.82 Å². The van der Waals surface area contributed by atoms with E-state index in [0.29, 0.717) is 12.3 Å². The Hall–Kier alpha value is -3.15. The topological polar surface area (TPSA) is 81.4 Å². The summed E-state index contributed by atoms with van der Waals surface area (Å²) in [4.78, 5) is 22.5. The van der Waals surface area contributed by atoms with Crippen LogP contribution < -0.4 is 15.8 Å². The van der Waals surface area contributed by atoms with Crippen LogP contribution in [0.4, 0.5) is 4.39 Å². The van der Waals surface area contributed by atoms with E-state index >= 15 is 0 Å². The summed E-state index contributed by atoms with van der Waals surface area (Å²) in [6.07, 6.45) is 2.97. The molecule has 0 aromatic heterocycles. The molecule has 0 bridgehead atoms. The van der Waals surface area contributed by atoms with Crippen molar-refractivity contribution in [3.63, 3.8) is 0 Å². The summed E-state index contributed by atoms with van der Waals surface area (Å²) in [5.74, 6) is -0.653. The molecule has 0 aliphatic carbocycles. The minimum Gasteiger partial charge on any atom is -0.484 e. The van der Waals surface area contributed by atoms with Gasteiger partial charge in [-0.2, -0.15) is 0 Å². The number of carbonyl (C=O) groups excluding carboxylic acids is 2. The van der Waals surface area contributed by atoms with Gasteiger partial charge in [-0.05, 0) is 41.5 Å². The molecule has 0 fully saturated rings. The fourth-order valence-electron chi connectivity index (χ4n) is 1.89. The molecule has 3 N–H and O–H groups in total. The Labute approximate surface area is 138 Å². The molecule has 0 spiro atoms. The van der Waals surface area contributed by atoms with Crippen molar-refractivity contribution in [2.75, 3.05) is 6.61 Å². The van der Waals surface area contributed by atoms with Gasteiger partial charge in [0, 0.05) is 12.6 Å². The fraction of sp³-hybridized carbons (Fsp3) is 0.111. The van der Waals surface area contributed by atoms with Crippen LogP contribution in [0.2, 0.25) is 0 Å². The maximum atomic E-state index is 12.8. The van der Waals surface area contributed by atoms with Gasteiger partial charge in [-0.15, -0.1) is 0 Å². The number of benzene rings is 2. The zero-order valence-electron chi connectivity index (χ0n) is 12.9. The molecule has 2 aromatic carbocycles. The molecule has 0 saturated heterocycles. The van der Waals surface area contributed by atoms with Crippen molar-refractivity contribution in [3.05, 3.63) is 71.6 Å². The van der Waals surface area contributed by atoms with Crippen molar-refractivity contribution in [3.8, 4) is 5.75 Å². The third-order valence-electron chi connectivity index (χ3n) is 3.04. The monoisotopic (exact) mass is 328 g/mol. The highest BCUT2D eigenvalue weighted by Gasteiger charge is 2.01. The van der Waals surface area contributed by atoms with Crippen LogP contribution in [0.25, 0.3) is 6.08 Å². The molecule has 0 aliphatic rings. The van der Waals surface area contributed by atoms with Gasteiger partial charge < -0.3 is 15.8 Å². The second-order valence-electron chi connectivity index (χ2n) is 5.01. The molecular weight excluding hydrogens is 311 g/mol. The van der Waals surface area contributed by atoms with Crippen LogP contribution in [-0.2, 0) is 16.1 Å². The third kappa shape index (κ3) is 5.92. The lowest BCUT2D eigenvalue weighted by Crippen LogP contribution is -2.21. The van der Waals surface area contributed by atoms with Crippen LogP contribution in [-0.4, -0.2) is 18.4 Å². The second-order valence-corrected chi connectivity index (χ2v) is 5.01. The number of halogens is 1. The number of hydrogen-bond acceptors (Lipinski definition) is 3. The molecule has 2 rings (SSSR count). The van der Waals surface area contributed by atoms with Crippen molar-refractivity contribution in [1.82, 2.24) is 5.32 Å². The first-order valence-electron chi connectivity index (χ1n) is 7.24. The molecule has 0 radical (unpaired) electrons. The van der Waals surface area contributed by atoms with Crippen LogP contribution in [0.15, 0.2) is 54.6 Å². The van der Waals surface area contributed by atoms with E-state index in [1.807, 2.05) is 6.07 Å². The lowest BCUT2D eigenvalue weighted by atomic mass is 10.2. The zero-order valence-corrected chi connectivity index (χ0v) is 12.9. The molecule has 0 aliphatic heterocycles. The van der Waals surface area contributed by atoms with Crippen molar-refractivity contribution < 1.29 is 18.7 Å². The van der Waals surface area contributed by atoms with Crippen molar-refractivity contribution in [2.45, 2.75) is 6.54 Å². The molecule has 6 heteroatoms. The maximum Gasteiger partial charge on any atom is 0.255 e. The SMILES string of the molecule is NC(=O)COc1cccc(CNC(=O)/C=C\c2ccc(F)cc2)c1. The third-order valence-corrected chi connectivity index (χ3v) is 3.04. The first-order valence-corrected chi connectivity index (χ1v) is 7.24. The Balaban J connectivity index is 1.86. The van der Waals surface area contributed by atoms with Crippen molar-refractivity contribution >= 4 is 17.9 Å². The Morgan fingerprint density at radius 2 is 1.92 bits per heavy atom. The quantitative estimate of drug-likeness (QED) is 0.763. The van der Waals surface area contributed by atoms with Gasteiger partial charge in [0.15, 0.2) is 6.61 Å². The molecule has 2 amide bonds. The number of nitrogens with two attached hydrogens (primary N) is 1. The minimum atomic E-state index is -0.556. The number of carbonyl (C=O) groups is 2. The first-order chi connectivity index (χ1) is 11.5. The zero-order chi connectivity index (χ0) is 17.4. The summed E-state index contributed by atoms with van der Waals surface area (Å²) in [6, 6.07) is 12.8. The van der Waals surface area contributed by atoms with Gasteiger partial charge in [-0.3, -0.25) is 9.59 Å². The predicted molar refractivity (Wildman–Crippen MR) is 88.4 cm³/mol. The van der Waals surface area contributed by atoms with Crippen LogP contribution in [0.3, 0.4) is 0 Å². The molecule has 0 heterocycles. The first kappa shape index (κ1) is 17.2. The van der Waals surface area contributed by atoms with Gasteiger partial charge in [0.2, 0.25) is 5.91 Å². The average Bonchev–Trinajstić information content (AvgIpc) is 2.58. The van der Waals surface area contributed by atoms with Gasteiger partial charge in [0.25, 0.3) is 5.91 Å². The molecule has 124 valence electrons. The lowest BCUT2D eigenvalue weighted by Gasteiger charge is -2.07. The molecule has 0 unspecified atom stereocenters. The van der Waals surface area contributed by atoms with E-state index in [0.717, 1.165) is 11.1 Å². The average molecular weight is 328 g/mol. The van der Waals surface area contributed by atoms with Gasteiger partial charge in [0.05, 0.1) is 0 Å². The lowest BCUT2D eigenvalue weighted by molar-refractivity contribution is -0.120. The second kappa shape index (κ2) is 8.47. The normalized spacial score (nSPS) is 10.5. The fourth-order valence-corrected chi connectivity index (χ4v) is 1.89. The van der Waals surface area contributed by atoms with E-state index in [1.54, 1.807) is 36.4 Å². The molecule has 24 heavy (non-hydrogen) atoms. The van der Waals surface area contributed by atoms with Gasteiger partial charge in [0.1, 0.15) is 11.6 Å². The maximum absolute atomic E-state index is 12.8. The van der Waals surface area contributed by atoms with E-state index < -0.39 is 5.91 Å². The Bertz CT molecular complexity index is 742. The van der Waals surface area contributed by atoms with Gasteiger partial charge in [-0.25, -0.2) is 4.39 Å². The molecule has 5 nitrogen and oxygen atoms in total. The summed E-state index contributed by atoms with van der Waals surface area (Å²) < 4.78 is 18.0. The van der Waals surface area contributed by atoms with E-state index in [-0.39, 0.29) is 18.3 Å². The van der Waals surface area contributed by atoms with Crippen LogP contribution >= 0.6 is 0 Å². The predicted octanol–water partition coefficient (Wildman–Crippen LogP) is 2.02. The van der Waals surface area contributed by atoms with Crippen LogP contribution in [0.5, 0.6) is 5.75 Å². The van der Waals surface area contributed by atoms with Crippen molar-refractivity contribution in [2.24, 2.45) is 5.73 Å². The smallest absolute Gasteiger partial charge is 0.255 e. The highest BCUT2D eigenvalue weighted by molar-refractivity contribution is 5.91. The molecule has 0 saturated carbocycles. The minimum absolute atomic E-state index is 0.198. The highest BCUT2D eigenvalue weighted by Crippen LogP contribution is 2.13. The van der Waals surface area contributed by atoms with E-state index in [4.69, 9.17) is 10.5 Å². The van der Waals surface area contributed by atoms with E-state index in [1.165, 1.54) is 18.2 Å². The van der Waals surface area contributed by atoms with Gasteiger partial charge >= 0.3 is 0 Å². The summed E-state index contributed by atoms with van der Waals surface area (Å²) in [5.41, 5.74) is 6.57. The summed E-state index contributed by atoms with van der Waals surface area (Å²) in [7, 11) is 0. The number of nitrogens with one attached hydrogen (secondary N) is 1. The summed E-state index contributed by atoms with van der Waals surface area (Å²) >= 11 is 0. The number of ether oxygens (including phenoxy) is 1. The van der Waals surface area contributed by atoms with E-state index in [2.05, 4.69) is 5.32 Å². The van der Waals surface area contributed by atoms with Crippen molar-refractivity contribution in [1.29, 1.82) is 0 Å². The highest BCUT2D eigenvalue weighted by atomic mass is 19.1. The number of amides is 2. The molecular formula is C18H17FN2O3. The van der Waals surface area contributed by atoms with Gasteiger partial charge in [-0.1, -0.05) is 24.3 Å². The Morgan fingerprint density at radius 1 is 1.17 bits per heavy atom. The summed E-state index contributed by atoms with van der Waals surface area (Å²) in [6.45, 7) is 0.108. The number of primary amides is 1. The standard InChI is InChI=1S/C18H17FN2O3/c19-15-7-4-13(5-8-15)6-9-18(23)21-11-14-2-1-3-16(10-14)24-12-17(20)22/h1-10H,11-12H2,(H2,20,22)(H,21,23)/b9-6-. The molecule has 0 atom stereocenters. The van der Waals surface area contributed by atoms with Crippen LogP contribution in [0.1, 0.15) is 11.1 Å². The Kier molecular flexibility index (Phi) is 6.08. The largest absolute Gasteiger partial charge is 0.484 e. The summed E-state index contributed by atoms with van der Waals surface area (Å²) in [5, 5.41) is 2.73. The molecule has 2 aromatic rings.